The highest BCUT2D eigenvalue weighted by Gasteiger charge is 2.55. The summed E-state index contributed by atoms with van der Waals surface area (Å²) in [5, 5.41) is 2.42. The number of aliphatic imine (C=N–C) groups is 1. The first kappa shape index (κ1) is 26.1. The van der Waals surface area contributed by atoms with Crippen LogP contribution in [0.2, 0.25) is 0 Å². The molecule has 0 spiro atoms. The minimum Gasteiger partial charge on any atom is -0.473 e. The third-order valence-corrected chi connectivity index (χ3v) is 4.92. The van der Waals surface area contributed by atoms with Gasteiger partial charge in [0.1, 0.15) is 30.4 Å². The van der Waals surface area contributed by atoms with E-state index < -0.39 is 54.4 Å². The molecule has 2 heterocycles. The van der Waals surface area contributed by atoms with Gasteiger partial charge in [0, 0.05) is 12.7 Å². The molecule has 1 fully saturated rings. The van der Waals surface area contributed by atoms with E-state index in [4.69, 9.17) is 19.9 Å². The molecule has 1 aliphatic rings. The van der Waals surface area contributed by atoms with Crippen LogP contribution in [-0.4, -0.2) is 66.7 Å². The fourth-order valence-electron chi connectivity index (χ4n) is 3.36. The predicted octanol–water partition coefficient (Wildman–Crippen LogP) is 2.98. The summed E-state index contributed by atoms with van der Waals surface area (Å²) in [6.45, 7) is 0.538. The molecule has 0 saturated carbocycles. The molecule has 3 rings (SSSR count). The van der Waals surface area contributed by atoms with Gasteiger partial charge >= 0.3 is 6.18 Å². The van der Waals surface area contributed by atoms with Gasteiger partial charge in [0.25, 0.3) is 11.9 Å². The van der Waals surface area contributed by atoms with Crippen LogP contribution in [0.15, 0.2) is 35.6 Å². The number of hydrogen-bond donors (Lipinski definition) is 2. The van der Waals surface area contributed by atoms with Gasteiger partial charge < -0.3 is 25.3 Å². The molecule has 1 saturated heterocycles. The molecular weight excluding hydrogens is 481 g/mol. The minimum absolute atomic E-state index is 0.00419. The average molecular weight is 503 g/mol. The Balaban J connectivity index is 1.83. The molecular formula is C21H22F5N5O4. The van der Waals surface area contributed by atoms with Gasteiger partial charge in [-0.25, -0.2) is 23.7 Å². The number of hydrogen-bond acceptors (Lipinski definition) is 7. The Morgan fingerprint density at radius 3 is 2.69 bits per heavy atom. The Morgan fingerprint density at radius 2 is 2.09 bits per heavy atom. The van der Waals surface area contributed by atoms with Crippen molar-refractivity contribution in [3.05, 3.63) is 47.7 Å². The van der Waals surface area contributed by atoms with E-state index in [1.54, 1.807) is 0 Å². The van der Waals surface area contributed by atoms with E-state index in [0.717, 1.165) is 24.5 Å². The van der Waals surface area contributed by atoms with Crippen LogP contribution < -0.4 is 15.8 Å². The Labute approximate surface area is 196 Å². The van der Waals surface area contributed by atoms with Gasteiger partial charge in [0.05, 0.1) is 24.9 Å². The standard InChI is InChI=1S/C21H22F5N5O4/c1-10(22)8-33-16-7-29-14(6-30-16)19(32)31-11-3-4-13(23)12(5-11)17-15(35-20(27)28-2)9-34-18(17)21(24,25)26/h3-7,10,15,17-18H,8-9H2,1-2H3,(H2,27,28)(H,31,32)/t10-,15-,17-,18-/m1/s1. The van der Waals surface area contributed by atoms with Gasteiger partial charge in [-0.15, -0.1) is 0 Å². The second kappa shape index (κ2) is 10.8. The molecule has 1 aromatic carbocycles. The zero-order valence-electron chi connectivity index (χ0n) is 18.6. The number of nitrogens with one attached hydrogen (secondary N) is 1. The highest BCUT2D eigenvalue weighted by atomic mass is 19.4. The highest BCUT2D eigenvalue weighted by Crippen LogP contribution is 2.43. The molecule has 9 nitrogen and oxygen atoms in total. The summed E-state index contributed by atoms with van der Waals surface area (Å²) in [5.41, 5.74) is 4.92. The number of nitrogens with two attached hydrogens (primary N) is 1. The number of amidine groups is 1. The number of alkyl halides is 4. The van der Waals surface area contributed by atoms with Gasteiger partial charge in [-0.3, -0.25) is 4.79 Å². The number of aromatic nitrogens is 2. The molecule has 2 aromatic rings. The SMILES string of the molecule is CN=C(N)O[C@@H]1CO[C@@H](C(F)(F)F)[C@@H]1c1cc(NC(=O)c2cnc(OC[C@@H](C)F)cn2)ccc1F. The van der Waals surface area contributed by atoms with Gasteiger partial charge in [0.15, 0.2) is 6.10 Å². The molecule has 190 valence electrons. The molecule has 0 aliphatic carbocycles. The van der Waals surface area contributed by atoms with Gasteiger partial charge in [-0.2, -0.15) is 13.2 Å². The van der Waals surface area contributed by atoms with Crippen LogP contribution in [0.1, 0.15) is 28.9 Å². The number of nitrogens with zero attached hydrogens (tertiary/aromatic N) is 3. The fraction of sp³-hybridized carbons (Fsp3) is 0.429. The lowest BCUT2D eigenvalue weighted by atomic mass is 9.89. The van der Waals surface area contributed by atoms with Crippen molar-refractivity contribution >= 4 is 17.6 Å². The molecule has 14 heteroatoms. The summed E-state index contributed by atoms with van der Waals surface area (Å²) in [6, 6.07) is 2.74. The number of carbonyl (C=O) groups excluding carboxylic acids is 1. The first-order chi connectivity index (χ1) is 16.5. The molecule has 0 bridgehead atoms. The lowest BCUT2D eigenvalue weighted by Gasteiger charge is -2.25. The highest BCUT2D eigenvalue weighted by molar-refractivity contribution is 6.02. The molecule has 4 atom stereocenters. The van der Waals surface area contributed by atoms with Crippen molar-refractivity contribution < 1.29 is 41.0 Å². The maximum Gasteiger partial charge on any atom is 0.415 e. The summed E-state index contributed by atoms with van der Waals surface area (Å²) in [6.07, 6.45) is -7.53. The maximum atomic E-state index is 14.7. The zero-order valence-corrected chi connectivity index (χ0v) is 18.6. The number of rotatable bonds is 7. The van der Waals surface area contributed by atoms with E-state index in [-0.39, 0.29) is 29.9 Å². The van der Waals surface area contributed by atoms with Crippen molar-refractivity contribution in [2.75, 3.05) is 25.6 Å². The number of anilines is 1. The number of halogens is 5. The van der Waals surface area contributed by atoms with Gasteiger partial charge in [-0.05, 0) is 30.7 Å². The molecule has 1 aliphatic heterocycles. The van der Waals surface area contributed by atoms with Crippen LogP contribution in [-0.2, 0) is 9.47 Å². The summed E-state index contributed by atoms with van der Waals surface area (Å²) in [7, 11) is 1.28. The third kappa shape index (κ3) is 6.53. The van der Waals surface area contributed by atoms with Crippen molar-refractivity contribution in [2.24, 2.45) is 10.7 Å². The van der Waals surface area contributed by atoms with Crippen LogP contribution >= 0.6 is 0 Å². The smallest absolute Gasteiger partial charge is 0.415 e. The Hall–Kier alpha value is -3.55. The van der Waals surface area contributed by atoms with E-state index >= 15 is 0 Å². The van der Waals surface area contributed by atoms with Crippen LogP contribution in [0.3, 0.4) is 0 Å². The van der Waals surface area contributed by atoms with E-state index in [1.165, 1.54) is 20.0 Å². The Kier molecular flexibility index (Phi) is 8.04. The lowest BCUT2D eigenvalue weighted by molar-refractivity contribution is -0.210. The monoisotopic (exact) mass is 503 g/mol. The quantitative estimate of drug-likeness (QED) is 0.339. The number of ether oxygens (including phenoxy) is 3. The normalized spacial score (nSPS) is 21.5. The van der Waals surface area contributed by atoms with Gasteiger partial charge in [0.2, 0.25) is 5.88 Å². The molecule has 0 unspecified atom stereocenters. The average Bonchev–Trinajstić information content (AvgIpc) is 3.22. The largest absolute Gasteiger partial charge is 0.473 e. The molecule has 1 amide bonds. The van der Waals surface area contributed by atoms with Crippen molar-refractivity contribution in [3.63, 3.8) is 0 Å². The van der Waals surface area contributed by atoms with Crippen molar-refractivity contribution in [2.45, 2.75) is 37.4 Å². The lowest BCUT2D eigenvalue weighted by Crippen LogP contribution is -2.37. The van der Waals surface area contributed by atoms with Crippen LogP contribution in [0.25, 0.3) is 0 Å². The van der Waals surface area contributed by atoms with E-state index in [9.17, 15) is 26.7 Å². The van der Waals surface area contributed by atoms with Crippen LogP contribution in [0, 0.1) is 5.82 Å². The third-order valence-electron chi connectivity index (χ3n) is 4.92. The number of benzene rings is 1. The van der Waals surface area contributed by atoms with E-state index in [0.29, 0.717) is 0 Å². The van der Waals surface area contributed by atoms with E-state index in [2.05, 4.69) is 20.3 Å². The molecule has 1 aromatic heterocycles. The predicted molar refractivity (Wildman–Crippen MR) is 113 cm³/mol. The first-order valence-corrected chi connectivity index (χ1v) is 10.3. The Bertz CT molecular complexity index is 1070. The molecule has 3 N–H and O–H groups in total. The second-order valence-electron chi connectivity index (χ2n) is 7.56. The van der Waals surface area contributed by atoms with Crippen molar-refractivity contribution in [1.82, 2.24) is 9.97 Å². The molecule has 35 heavy (non-hydrogen) atoms. The summed E-state index contributed by atoms with van der Waals surface area (Å²) < 4.78 is 83.5. The van der Waals surface area contributed by atoms with E-state index in [1.807, 2.05) is 0 Å². The first-order valence-electron chi connectivity index (χ1n) is 10.3. The second-order valence-corrected chi connectivity index (χ2v) is 7.56. The van der Waals surface area contributed by atoms with Gasteiger partial charge in [-0.1, -0.05) is 0 Å². The number of amides is 1. The fourth-order valence-corrected chi connectivity index (χ4v) is 3.36. The topological polar surface area (TPSA) is 121 Å². The summed E-state index contributed by atoms with van der Waals surface area (Å²) in [4.78, 5) is 23.8. The van der Waals surface area contributed by atoms with Crippen LogP contribution in [0.5, 0.6) is 5.88 Å². The summed E-state index contributed by atoms with van der Waals surface area (Å²) >= 11 is 0. The van der Waals surface area contributed by atoms with Crippen LogP contribution in [0.4, 0.5) is 27.6 Å². The van der Waals surface area contributed by atoms with Crippen molar-refractivity contribution in [1.29, 1.82) is 0 Å². The maximum absolute atomic E-state index is 14.7. The molecule has 0 radical (unpaired) electrons. The number of carbonyl (C=O) groups is 1. The zero-order chi connectivity index (χ0) is 25.8. The minimum atomic E-state index is -4.83. The van der Waals surface area contributed by atoms with Crippen molar-refractivity contribution in [3.8, 4) is 5.88 Å². The summed E-state index contributed by atoms with van der Waals surface area (Å²) in [5.74, 6) is -3.36. The Morgan fingerprint density at radius 1 is 1.34 bits per heavy atom.